The van der Waals surface area contributed by atoms with Crippen LogP contribution in [-0.4, -0.2) is 35.9 Å². The van der Waals surface area contributed by atoms with Gasteiger partial charge in [0.05, 0.1) is 23.1 Å². The predicted octanol–water partition coefficient (Wildman–Crippen LogP) is 3.21. The van der Waals surface area contributed by atoms with E-state index in [-0.39, 0.29) is 22.1 Å². The Morgan fingerprint density at radius 1 is 1.38 bits per heavy atom. The van der Waals surface area contributed by atoms with Crippen molar-refractivity contribution in [2.24, 2.45) is 5.16 Å². The van der Waals surface area contributed by atoms with Crippen molar-refractivity contribution in [2.75, 3.05) is 6.26 Å². The zero-order chi connectivity index (χ0) is 21.3. The third kappa shape index (κ3) is 3.82. The molecular weight excluding hydrogens is 394 g/mol. The van der Waals surface area contributed by atoms with Crippen LogP contribution in [0.2, 0.25) is 0 Å². The van der Waals surface area contributed by atoms with Crippen LogP contribution >= 0.6 is 0 Å². The summed E-state index contributed by atoms with van der Waals surface area (Å²) >= 11 is 0. The van der Waals surface area contributed by atoms with Crippen molar-refractivity contribution in [1.29, 1.82) is 0 Å². The molecule has 1 aliphatic heterocycles. The summed E-state index contributed by atoms with van der Waals surface area (Å²) in [4.78, 5) is 18.9. The molecule has 1 aromatic carbocycles. The van der Waals surface area contributed by atoms with Gasteiger partial charge in [-0.05, 0) is 38.5 Å². The highest BCUT2D eigenvalue weighted by Crippen LogP contribution is 2.36. The maximum atomic E-state index is 13.3. The summed E-state index contributed by atoms with van der Waals surface area (Å²) in [5, 5.41) is 8.12. The van der Waals surface area contributed by atoms with E-state index in [1.54, 1.807) is 11.6 Å². The molecule has 0 aliphatic carbocycles. The molecule has 29 heavy (non-hydrogen) atoms. The Morgan fingerprint density at radius 3 is 2.66 bits per heavy atom. The third-order valence-corrected chi connectivity index (χ3v) is 5.94. The fourth-order valence-electron chi connectivity index (χ4n) is 3.43. The molecule has 0 radical (unpaired) electrons. The van der Waals surface area contributed by atoms with Crippen molar-refractivity contribution in [3.63, 3.8) is 0 Å². The lowest BCUT2D eigenvalue weighted by Crippen LogP contribution is -2.14. The molecule has 0 bridgehead atoms. The number of aryl methyl sites for hydroxylation is 1. The van der Waals surface area contributed by atoms with Crippen molar-refractivity contribution in [1.82, 2.24) is 9.78 Å². The van der Waals surface area contributed by atoms with E-state index < -0.39 is 15.9 Å². The van der Waals surface area contributed by atoms with Gasteiger partial charge in [-0.2, -0.15) is 5.10 Å². The van der Waals surface area contributed by atoms with Gasteiger partial charge in [-0.25, -0.2) is 13.1 Å². The first-order valence-electron chi connectivity index (χ1n) is 9.09. The van der Waals surface area contributed by atoms with Crippen LogP contribution in [0.25, 0.3) is 0 Å². The Labute approximate surface area is 169 Å². The lowest BCUT2D eigenvalue weighted by Gasteiger charge is -2.18. The average molecular weight is 417 g/mol. The fraction of sp³-hybridized carbons (Fsp3) is 0.350. The topological polar surface area (TPSA) is 99.9 Å². The number of oxime groups is 1. The van der Waals surface area contributed by atoms with E-state index in [0.29, 0.717) is 29.7 Å². The summed E-state index contributed by atoms with van der Waals surface area (Å²) < 4.78 is 31.7. The molecule has 0 spiro atoms. The van der Waals surface area contributed by atoms with Gasteiger partial charge in [0, 0.05) is 30.3 Å². The van der Waals surface area contributed by atoms with Crippen LogP contribution in [0.4, 0.5) is 0 Å². The molecule has 0 fully saturated rings. The van der Waals surface area contributed by atoms with E-state index in [1.165, 1.54) is 24.6 Å². The smallest absolute Gasteiger partial charge is 0.228 e. The number of benzene rings is 1. The maximum Gasteiger partial charge on any atom is 0.228 e. The molecule has 2 aromatic rings. The molecule has 1 atom stereocenters. The van der Waals surface area contributed by atoms with Crippen molar-refractivity contribution in [3.8, 4) is 5.88 Å². The number of ether oxygens (including phenoxy) is 1. The van der Waals surface area contributed by atoms with E-state index in [0.717, 1.165) is 12.0 Å². The van der Waals surface area contributed by atoms with Crippen LogP contribution in [0.15, 0.2) is 41.2 Å². The lowest BCUT2D eigenvalue weighted by atomic mass is 9.92. The number of aromatic nitrogens is 2. The van der Waals surface area contributed by atoms with E-state index in [2.05, 4.69) is 16.8 Å². The van der Waals surface area contributed by atoms with Crippen molar-refractivity contribution in [2.45, 2.75) is 44.7 Å². The Balaban J connectivity index is 2.15. The van der Waals surface area contributed by atoms with Gasteiger partial charge in [0.1, 0.15) is 5.56 Å². The first-order valence-corrected chi connectivity index (χ1v) is 11.0. The summed E-state index contributed by atoms with van der Waals surface area (Å²) in [6.07, 6.45) is 3.70. The minimum atomic E-state index is -3.53. The molecule has 1 aliphatic rings. The van der Waals surface area contributed by atoms with Gasteiger partial charge in [-0.3, -0.25) is 4.79 Å². The second-order valence-electron chi connectivity index (χ2n) is 6.84. The summed E-state index contributed by atoms with van der Waals surface area (Å²) in [7, 11) is -3.53. The minimum Gasteiger partial charge on any atom is -0.447 e. The van der Waals surface area contributed by atoms with E-state index in [1.807, 2.05) is 13.8 Å². The second-order valence-corrected chi connectivity index (χ2v) is 8.82. The SMILES string of the molecule is C=COc1c(C(=O)c2ccc(S(C)(=O)=O)c(C3CC(C)=NO3)c2C)cnn1CC. The van der Waals surface area contributed by atoms with Crippen LogP contribution in [0.3, 0.4) is 0 Å². The van der Waals surface area contributed by atoms with Gasteiger partial charge in [0.15, 0.2) is 21.7 Å². The normalized spacial score (nSPS) is 16.3. The molecule has 1 aromatic heterocycles. The van der Waals surface area contributed by atoms with Gasteiger partial charge >= 0.3 is 0 Å². The van der Waals surface area contributed by atoms with Crippen LogP contribution in [0, 0.1) is 6.92 Å². The summed E-state index contributed by atoms with van der Waals surface area (Å²) in [5.74, 6) is -0.0343. The highest BCUT2D eigenvalue weighted by atomic mass is 32.2. The molecule has 3 rings (SSSR count). The number of rotatable bonds is 7. The first-order chi connectivity index (χ1) is 13.7. The number of hydrogen-bond acceptors (Lipinski definition) is 7. The Kier molecular flexibility index (Phi) is 5.61. The number of carbonyl (C=O) groups is 1. The molecule has 0 amide bonds. The third-order valence-electron chi connectivity index (χ3n) is 4.79. The molecule has 0 N–H and O–H groups in total. The van der Waals surface area contributed by atoms with Gasteiger partial charge in [-0.15, -0.1) is 0 Å². The molecule has 154 valence electrons. The molecule has 8 nitrogen and oxygen atoms in total. The van der Waals surface area contributed by atoms with Crippen molar-refractivity contribution < 1.29 is 22.8 Å². The fourth-order valence-corrected chi connectivity index (χ4v) is 4.43. The molecule has 2 heterocycles. The molecule has 0 saturated carbocycles. The number of nitrogens with zero attached hydrogens (tertiary/aromatic N) is 3. The Bertz CT molecular complexity index is 1120. The zero-order valence-electron chi connectivity index (χ0n) is 16.8. The summed E-state index contributed by atoms with van der Waals surface area (Å²) in [6.45, 7) is 9.46. The van der Waals surface area contributed by atoms with E-state index in [9.17, 15) is 13.2 Å². The second kappa shape index (κ2) is 7.82. The van der Waals surface area contributed by atoms with Gasteiger partial charge in [0.2, 0.25) is 5.88 Å². The number of carbonyl (C=O) groups excluding carboxylic acids is 1. The standard InChI is InChI=1S/C20H23N3O5S/c1-6-23-20(27-7-2)15(11-21-23)19(24)14-8-9-17(29(5,25)26)18(13(14)4)16-10-12(3)22-28-16/h7-9,11,16H,2,6,10H2,1,3-5H3. The van der Waals surface area contributed by atoms with E-state index >= 15 is 0 Å². The predicted molar refractivity (Wildman–Crippen MR) is 108 cm³/mol. The molecule has 9 heteroatoms. The number of sulfone groups is 1. The zero-order valence-corrected chi connectivity index (χ0v) is 17.6. The Hall–Kier alpha value is -2.94. The van der Waals surface area contributed by atoms with Crippen LogP contribution in [0.1, 0.15) is 53.4 Å². The summed E-state index contributed by atoms with van der Waals surface area (Å²) in [6, 6.07) is 2.96. The summed E-state index contributed by atoms with van der Waals surface area (Å²) in [5.41, 5.74) is 2.36. The lowest BCUT2D eigenvalue weighted by molar-refractivity contribution is 0.0830. The highest BCUT2D eigenvalue weighted by molar-refractivity contribution is 7.90. The molecule has 1 unspecified atom stereocenters. The minimum absolute atomic E-state index is 0.133. The number of ketones is 1. The van der Waals surface area contributed by atoms with Crippen LogP contribution in [0.5, 0.6) is 5.88 Å². The molecular formula is C20H23N3O5S. The van der Waals surface area contributed by atoms with Crippen molar-refractivity contribution >= 4 is 21.3 Å². The number of hydrogen-bond donors (Lipinski definition) is 0. The highest BCUT2D eigenvalue weighted by Gasteiger charge is 2.31. The Morgan fingerprint density at radius 2 is 2.10 bits per heavy atom. The largest absolute Gasteiger partial charge is 0.447 e. The van der Waals surface area contributed by atoms with Crippen LogP contribution in [-0.2, 0) is 21.2 Å². The first kappa shape index (κ1) is 20.8. The quantitative estimate of drug-likeness (QED) is 0.507. The molecule has 0 saturated heterocycles. The van der Waals surface area contributed by atoms with Gasteiger partial charge < -0.3 is 9.57 Å². The average Bonchev–Trinajstić information content (AvgIpc) is 3.26. The van der Waals surface area contributed by atoms with E-state index in [4.69, 9.17) is 9.57 Å². The van der Waals surface area contributed by atoms with Gasteiger partial charge in [0.25, 0.3) is 0 Å². The van der Waals surface area contributed by atoms with Gasteiger partial charge in [-0.1, -0.05) is 11.7 Å². The van der Waals surface area contributed by atoms with Crippen molar-refractivity contribution in [3.05, 3.63) is 53.4 Å². The van der Waals surface area contributed by atoms with Crippen LogP contribution < -0.4 is 4.74 Å². The monoisotopic (exact) mass is 417 g/mol. The maximum absolute atomic E-state index is 13.3.